The molecule has 2 unspecified atom stereocenters. The Hall–Kier alpha value is -1.92. The van der Waals surface area contributed by atoms with E-state index in [-0.39, 0.29) is 5.69 Å². The maximum atomic E-state index is 12.4. The smallest absolute Gasteiger partial charge is 0.308 e. The zero-order valence-electron chi connectivity index (χ0n) is 10.8. The summed E-state index contributed by atoms with van der Waals surface area (Å²) in [5.74, 6) is -2.04. The second kappa shape index (κ2) is 6.02. The van der Waals surface area contributed by atoms with Gasteiger partial charge in [-0.25, -0.2) is 8.78 Å². The fourth-order valence-corrected chi connectivity index (χ4v) is 2.60. The Balaban J connectivity index is 2.05. The fraction of sp³-hybridized carbons (Fsp3) is 0.538. The van der Waals surface area contributed by atoms with E-state index in [1.807, 2.05) is 0 Å². The van der Waals surface area contributed by atoms with Crippen molar-refractivity contribution < 1.29 is 23.5 Å². The number of alkyl halides is 2. The van der Waals surface area contributed by atoms with E-state index in [9.17, 15) is 18.4 Å². The van der Waals surface area contributed by atoms with Crippen LogP contribution in [0.2, 0.25) is 0 Å². The summed E-state index contributed by atoms with van der Waals surface area (Å²) in [5.41, 5.74) is 0.126. The van der Waals surface area contributed by atoms with Gasteiger partial charge in [-0.3, -0.25) is 9.59 Å². The van der Waals surface area contributed by atoms with Crippen LogP contribution in [0.5, 0.6) is 0 Å². The molecule has 1 fully saturated rings. The number of carboxylic acids is 1. The van der Waals surface area contributed by atoms with Crippen molar-refractivity contribution >= 4 is 11.9 Å². The molecule has 2 N–H and O–H groups in total. The minimum atomic E-state index is -2.55. The maximum absolute atomic E-state index is 12.4. The monoisotopic (exact) mass is 286 g/mol. The highest BCUT2D eigenvalue weighted by molar-refractivity contribution is 5.93. The number of hydrogen-bond acceptors (Lipinski definition) is 2. The first kappa shape index (κ1) is 14.5. The maximum Gasteiger partial charge on any atom is 0.308 e. The molecule has 2 rings (SSSR count). The molecule has 0 bridgehead atoms. The van der Waals surface area contributed by atoms with E-state index in [0.29, 0.717) is 12.8 Å². The second-order valence-corrected chi connectivity index (χ2v) is 4.89. The lowest BCUT2D eigenvalue weighted by molar-refractivity contribution is -0.142. The van der Waals surface area contributed by atoms with Crippen LogP contribution >= 0.6 is 0 Å². The number of halogens is 2. The third-order valence-electron chi connectivity index (χ3n) is 3.55. The molecule has 2 atom stereocenters. The summed E-state index contributed by atoms with van der Waals surface area (Å²) < 4.78 is 25.9. The number of nitrogens with zero attached hydrogens (tertiary/aromatic N) is 1. The molecular weight excluding hydrogens is 270 g/mol. The van der Waals surface area contributed by atoms with Gasteiger partial charge in [0.25, 0.3) is 12.3 Å². The third-order valence-corrected chi connectivity index (χ3v) is 3.55. The number of carbonyl (C=O) groups is 2. The number of aliphatic carboxylic acids is 1. The molecule has 1 aliphatic rings. The number of hydrogen-bond donors (Lipinski definition) is 2. The molecule has 0 aromatic carbocycles. The molecule has 5 nitrogen and oxygen atoms in total. The van der Waals surface area contributed by atoms with E-state index < -0.39 is 36.8 Å². The molecule has 0 aliphatic heterocycles. The van der Waals surface area contributed by atoms with Crippen LogP contribution in [-0.4, -0.2) is 34.0 Å². The highest BCUT2D eigenvalue weighted by Gasteiger charge is 2.34. The molecule has 1 aromatic rings. The molecule has 7 heteroatoms. The molecule has 1 aromatic heterocycles. The van der Waals surface area contributed by atoms with E-state index in [4.69, 9.17) is 5.11 Å². The Morgan fingerprint density at radius 2 is 2.20 bits per heavy atom. The Morgan fingerprint density at radius 3 is 2.85 bits per heavy atom. The summed E-state index contributed by atoms with van der Waals surface area (Å²) in [6.45, 7) is -0.553. The Morgan fingerprint density at radius 1 is 1.45 bits per heavy atom. The average Bonchev–Trinajstić information content (AvgIpc) is 2.96. The zero-order chi connectivity index (χ0) is 14.7. The number of rotatable bonds is 5. The topological polar surface area (TPSA) is 71.3 Å². The molecular formula is C13H16F2N2O3. The lowest BCUT2D eigenvalue weighted by Crippen LogP contribution is -2.41. The lowest BCUT2D eigenvalue weighted by atomic mass is 10.0. The Bertz CT molecular complexity index is 502. The molecule has 1 aliphatic carbocycles. The van der Waals surface area contributed by atoms with Gasteiger partial charge in [0, 0.05) is 12.2 Å². The first-order valence-corrected chi connectivity index (χ1v) is 6.46. The summed E-state index contributed by atoms with van der Waals surface area (Å²) in [4.78, 5) is 23.1. The van der Waals surface area contributed by atoms with Crippen molar-refractivity contribution in [2.45, 2.75) is 38.3 Å². The van der Waals surface area contributed by atoms with Crippen molar-refractivity contribution in [2.75, 3.05) is 0 Å². The van der Waals surface area contributed by atoms with E-state index in [2.05, 4.69) is 5.32 Å². The van der Waals surface area contributed by atoms with E-state index >= 15 is 0 Å². The van der Waals surface area contributed by atoms with E-state index in [1.54, 1.807) is 0 Å². The second-order valence-electron chi connectivity index (χ2n) is 4.89. The van der Waals surface area contributed by atoms with Crippen molar-refractivity contribution in [1.29, 1.82) is 0 Å². The third kappa shape index (κ3) is 3.15. The lowest BCUT2D eigenvalue weighted by Gasteiger charge is -2.18. The van der Waals surface area contributed by atoms with Gasteiger partial charge >= 0.3 is 5.97 Å². The molecule has 0 radical (unpaired) electrons. The number of carbonyl (C=O) groups excluding carboxylic acids is 1. The molecule has 1 amide bonds. The van der Waals surface area contributed by atoms with E-state index in [1.165, 1.54) is 22.9 Å². The highest BCUT2D eigenvalue weighted by Crippen LogP contribution is 2.26. The highest BCUT2D eigenvalue weighted by atomic mass is 19.3. The number of amides is 1. The van der Waals surface area contributed by atoms with Crippen molar-refractivity contribution in [3.8, 4) is 0 Å². The predicted octanol–water partition coefficient (Wildman–Crippen LogP) is 1.74. The molecule has 0 saturated heterocycles. The van der Waals surface area contributed by atoms with Crippen molar-refractivity contribution in [3.63, 3.8) is 0 Å². The number of nitrogens with one attached hydrogen (secondary N) is 1. The van der Waals surface area contributed by atoms with Crippen LogP contribution in [-0.2, 0) is 11.3 Å². The summed E-state index contributed by atoms with van der Waals surface area (Å²) in [5, 5.41) is 11.7. The molecule has 20 heavy (non-hydrogen) atoms. The minimum Gasteiger partial charge on any atom is -0.481 e. The van der Waals surface area contributed by atoms with E-state index in [0.717, 1.165) is 6.42 Å². The Labute approximate surface area is 114 Å². The largest absolute Gasteiger partial charge is 0.481 e. The van der Waals surface area contributed by atoms with Crippen LogP contribution in [0.15, 0.2) is 18.3 Å². The Kier molecular flexibility index (Phi) is 4.36. The van der Waals surface area contributed by atoms with Crippen LogP contribution in [0.4, 0.5) is 8.78 Å². The average molecular weight is 286 g/mol. The van der Waals surface area contributed by atoms with Crippen LogP contribution in [0.25, 0.3) is 0 Å². The molecule has 1 saturated carbocycles. The first-order valence-electron chi connectivity index (χ1n) is 6.46. The number of aromatic nitrogens is 1. The van der Waals surface area contributed by atoms with Gasteiger partial charge in [0.15, 0.2) is 0 Å². The standard InChI is InChI=1S/C13H16F2N2O3/c14-11(15)7-17-6-2-5-10(17)12(18)16-9-4-1-3-8(9)13(19)20/h2,5-6,8-9,11H,1,3-4,7H2,(H,16,18)(H,19,20). The summed E-state index contributed by atoms with van der Waals surface area (Å²) in [6, 6.07) is 2.53. The van der Waals surface area contributed by atoms with Crippen LogP contribution < -0.4 is 5.32 Å². The van der Waals surface area contributed by atoms with Crippen LogP contribution in [0.1, 0.15) is 29.8 Å². The summed E-state index contributed by atoms with van der Waals surface area (Å²) in [7, 11) is 0. The van der Waals surface area contributed by atoms with Crippen LogP contribution in [0, 0.1) is 5.92 Å². The van der Waals surface area contributed by atoms with Gasteiger partial charge in [0.2, 0.25) is 0 Å². The van der Waals surface area contributed by atoms with Gasteiger partial charge in [-0.15, -0.1) is 0 Å². The molecule has 0 spiro atoms. The van der Waals surface area contributed by atoms with Gasteiger partial charge in [0.05, 0.1) is 12.5 Å². The van der Waals surface area contributed by atoms with Crippen molar-refractivity contribution in [2.24, 2.45) is 5.92 Å². The summed E-state index contributed by atoms with van der Waals surface area (Å²) in [6.07, 6.45) is 0.716. The van der Waals surface area contributed by atoms with Gasteiger partial charge in [-0.1, -0.05) is 6.42 Å². The normalized spacial score (nSPS) is 22.1. The quantitative estimate of drug-likeness (QED) is 0.866. The van der Waals surface area contributed by atoms with Crippen LogP contribution in [0.3, 0.4) is 0 Å². The predicted molar refractivity (Wildman–Crippen MR) is 66.7 cm³/mol. The number of carboxylic acid groups (broad SMARTS) is 1. The molecule has 1 heterocycles. The fourth-order valence-electron chi connectivity index (χ4n) is 2.60. The van der Waals surface area contributed by atoms with Crippen molar-refractivity contribution in [1.82, 2.24) is 9.88 Å². The van der Waals surface area contributed by atoms with Gasteiger partial charge in [-0.05, 0) is 25.0 Å². The zero-order valence-corrected chi connectivity index (χ0v) is 10.8. The van der Waals surface area contributed by atoms with Gasteiger partial charge in [0.1, 0.15) is 5.69 Å². The summed E-state index contributed by atoms with van der Waals surface area (Å²) >= 11 is 0. The van der Waals surface area contributed by atoms with Gasteiger partial charge < -0.3 is 15.0 Å². The minimum absolute atomic E-state index is 0.126. The van der Waals surface area contributed by atoms with Gasteiger partial charge in [-0.2, -0.15) is 0 Å². The molecule has 110 valence electrons. The first-order chi connectivity index (χ1) is 9.49. The van der Waals surface area contributed by atoms with Crippen molar-refractivity contribution in [3.05, 3.63) is 24.0 Å². The SMILES string of the molecule is O=C(NC1CCCC1C(=O)O)c1cccn1CC(F)F.